The number of hydrogen-bond acceptors (Lipinski definition) is 2. The maximum absolute atomic E-state index is 10.8. The Morgan fingerprint density at radius 3 is 1.96 bits per heavy atom. The summed E-state index contributed by atoms with van der Waals surface area (Å²) in [6.07, 6.45) is 15.2. The first-order chi connectivity index (χ1) is 12.1. The van der Waals surface area contributed by atoms with Crippen LogP contribution in [0.15, 0.2) is 29.8 Å². The number of rotatable bonds is 14. The van der Waals surface area contributed by atoms with E-state index in [1.165, 1.54) is 64.2 Å². The van der Waals surface area contributed by atoms with Gasteiger partial charge in [0.05, 0.1) is 0 Å². The van der Waals surface area contributed by atoms with Crippen molar-refractivity contribution < 1.29 is 9.90 Å². The van der Waals surface area contributed by atoms with E-state index in [4.69, 9.17) is 5.11 Å². The molecule has 0 fully saturated rings. The van der Waals surface area contributed by atoms with Crippen molar-refractivity contribution in [3.8, 4) is 0 Å². The normalized spacial score (nSPS) is 11.5. The highest BCUT2D eigenvalue weighted by Gasteiger charge is 2.00. The van der Waals surface area contributed by atoms with Gasteiger partial charge < -0.3 is 10.4 Å². The van der Waals surface area contributed by atoms with Crippen LogP contribution in [0, 0.1) is 0 Å². The third kappa shape index (κ3) is 10.6. The highest BCUT2D eigenvalue weighted by molar-refractivity contribution is 5.91. The second-order valence-electron chi connectivity index (χ2n) is 6.86. The summed E-state index contributed by atoms with van der Waals surface area (Å²) in [7, 11) is 0. The van der Waals surface area contributed by atoms with Crippen LogP contribution in [-0.2, 0) is 4.79 Å². The molecule has 0 aliphatic heterocycles. The predicted molar refractivity (Wildman–Crippen MR) is 108 cm³/mol. The number of unbranched alkanes of at least 4 members (excludes halogenated alkanes) is 9. The molecule has 2 N–H and O–H groups in total. The van der Waals surface area contributed by atoms with Gasteiger partial charge in [0, 0.05) is 17.8 Å². The van der Waals surface area contributed by atoms with Gasteiger partial charge in [-0.1, -0.05) is 76.8 Å². The van der Waals surface area contributed by atoms with Gasteiger partial charge in [-0.15, -0.1) is 0 Å². The molecule has 0 amide bonds. The first-order valence-corrected chi connectivity index (χ1v) is 9.89. The maximum atomic E-state index is 10.8. The Labute approximate surface area is 153 Å². The van der Waals surface area contributed by atoms with Crippen LogP contribution in [0.2, 0.25) is 0 Å². The molecule has 1 aromatic rings. The first kappa shape index (κ1) is 21.3. The molecule has 0 heterocycles. The molecule has 0 radical (unpaired) electrons. The Kier molecular flexibility index (Phi) is 11.5. The van der Waals surface area contributed by atoms with Crippen molar-refractivity contribution in [2.75, 3.05) is 11.9 Å². The summed E-state index contributed by atoms with van der Waals surface area (Å²) in [5.74, 6) is -0.872. The average Bonchev–Trinajstić information content (AvgIpc) is 2.61. The third-order valence-electron chi connectivity index (χ3n) is 4.49. The van der Waals surface area contributed by atoms with Crippen molar-refractivity contribution in [1.82, 2.24) is 0 Å². The molecule has 0 atom stereocenters. The van der Waals surface area contributed by atoms with Gasteiger partial charge >= 0.3 is 5.97 Å². The fourth-order valence-electron chi connectivity index (χ4n) is 2.85. The summed E-state index contributed by atoms with van der Waals surface area (Å²) in [6.45, 7) is 4.87. The number of anilines is 1. The number of hydrogen-bond donors (Lipinski definition) is 2. The van der Waals surface area contributed by atoms with Crippen molar-refractivity contribution in [3.63, 3.8) is 0 Å². The number of carboxylic acids is 1. The van der Waals surface area contributed by atoms with Gasteiger partial charge in [0.25, 0.3) is 0 Å². The van der Waals surface area contributed by atoms with Crippen LogP contribution < -0.4 is 5.32 Å². The molecule has 0 aromatic heterocycles. The van der Waals surface area contributed by atoms with Crippen LogP contribution in [0.25, 0.3) is 6.08 Å². The molecule has 3 heteroatoms. The highest BCUT2D eigenvalue weighted by atomic mass is 16.4. The molecule has 140 valence electrons. The number of aliphatic carboxylic acids is 1. The van der Waals surface area contributed by atoms with Crippen LogP contribution in [0.5, 0.6) is 0 Å². The fourth-order valence-corrected chi connectivity index (χ4v) is 2.85. The van der Waals surface area contributed by atoms with Crippen molar-refractivity contribution >= 4 is 17.7 Å². The van der Waals surface area contributed by atoms with Gasteiger partial charge in [-0.2, -0.15) is 0 Å². The molecular formula is C22H35NO2. The van der Waals surface area contributed by atoms with E-state index in [1.807, 2.05) is 24.3 Å². The largest absolute Gasteiger partial charge is 0.478 e. The Hall–Kier alpha value is -1.77. The Bertz CT molecular complexity index is 505. The van der Waals surface area contributed by atoms with Gasteiger partial charge in [0.2, 0.25) is 0 Å². The lowest BCUT2D eigenvalue weighted by molar-refractivity contribution is -0.132. The van der Waals surface area contributed by atoms with Crippen LogP contribution in [-0.4, -0.2) is 17.6 Å². The molecule has 1 rings (SSSR count). The first-order valence-electron chi connectivity index (χ1n) is 9.89. The van der Waals surface area contributed by atoms with Crippen LogP contribution in [0.1, 0.15) is 83.6 Å². The summed E-state index contributed by atoms with van der Waals surface area (Å²) < 4.78 is 0. The van der Waals surface area contributed by atoms with Crippen LogP contribution in [0.4, 0.5) is 5.69 Å². The molecule has 1 aromatic carbocycles. The smallest absolute Gasteiger partial charge is 0.331 e. The summed E-state index contributed by atoms with van der Waals surface area (Å²) in [4.78, 5) is 10.8. The molecule has 0 unspecified atom stereocenters. The quantitative estimate of drug-likeness (QED) is 0.298. The van der Waals surface area contributed by atoms with E-state index in [9.17, 15) is 4.79 Å². The molecule has 3 nitrogen and oxygen atoms in total. The standard InChI is InChI=1S/C22H35NO2/c1-3-4-5-6-7-8-9-10-11-12-17-23-21-15-13-20(14-16-21)18-19(2)22(24)25/h13-16,18,23H,3-12,17H2,1-2H3,(H,24,25). The van der Waals surface area contributed by atoms with Crippen molar-refractivity contribution in [2.45, 2.75) is 78.1 Å². The zero-order valence-corrected chi connectivity index (χ0v) is 16.0. The van der Waals surface area contributed by atoms with Gasteiger partial charge in [-0.3, -0.25) is 0 Å². The third-order valence-corrected chi connectivity index (χ3v) is 4.49. The zero-order valence-electron chi connectivity index (χ0n) is 16.0. The van der Waals surface area contributed by atoms with E-state index >= 15 is 0 Å². The predicted octanol–water partition coefficient (Wildman–Crippen LogP) is 6.51. The number of nitrogens with one attached hydrogen (secondary N) is 1. The number of carboxylic acid groups (broad SMARTS) is 1. The number of benzene rings is 1. The zero-order chi connectivity index (χ0) is 18.3. The molecule has 0 bridgehead atoms. The van der Waals surface area contributed by atoms with E-state index in [-0.39, 0.29) is 0 Å². The highest BCUT2D eigenvalue weighted by Crippen LogP contribution is 2.14. The lowest BCUT2D eigenvalue weighted by Gasteiger charge is -2.07. The lowest BCUT2D eigenvalue weighted by atomic mass is 10.1. The van der Waals surface area contributed by atoms with Gasteiger partial charge in [-0.25, -0.2) is 4.79 Å². The second-order valence-corrected chi connectivity index (χ2v) is 6.86. The summed E-state index contributed by atoms with van der Waals surface area (Å²) in [5, 5.41) is 12.3. The molecule has 0 saturated carbocycles. The van der Waals surface area contributed by atoms with Gasteiger partial charge in [-0.05, 0) is 37.1 Å². The second kappa shape index (κ2) is 13.5. The molecule has 0 aliphatic rings. The van der Waals surface area contributed by atoms with Crippen LogP contribution >= 0.6 is 0 Å². The minimum atomic E-state index is -0.872. The monoisotopic (exact) mass is 345 g/mol. The average molecular weight is 346 g/mol. The van der Waals surface area contributed by atoms with Crippen molar-refractivity contribution in [2.24, 2.45) is 0 Å². The van der Waals surface area contributed by atoms with E-state index in [1.54, 1.807) is 13.0 Å². The minimum absolute atomic E-state index is 0.353. The Balaban J connectivity index is 2.07. The Morgan fingerprint density at radius 2 is 1.44 bits per heavy atom. The molecule has 25 heavy (non-hydrogen) atoms. The fraction of sp³-hybridized carbons (Fsp3) is 0.591. The molecular weight excluding hydrogens is 310 g/mol. The Morgan fingerprint density at radius 1 is 0.920 bits per heavy atom. The summed E-state index contributed by atoms with van der Waals surface area (Å²) in [5.41, 5.74) is 2.37. The summed E-state index contributed by atoms with van der Waals surface area (Å²) >= 11 is 0. The number of carbonyl (C=O) groups is 1. The van der Waals surface area contributed by atoms with E-state index < -0.39 is 5.97 Å². The molecule has 0 aliphatic carbocycles. The van der Waals surface area contributed by atoms with Crippen molar-refractivity contribution in [1.29, 1.82) is 0 Å². The topological polar surface area (TPSA) is 49.3 Å². The van der Waals surface area contributed by atoms with E-state index in [0.29, 0.717) is 5.57 Å². The maximum Gasteiger partial charge on any atom is 0.331 e. The van der Waals surface area contributed by atoms with E-state index in [2.05, 4.69) is 12.2 Å². The van der Waals surface area contributed by atoms with E-state index in [0.717, 1.165) is 17.8 Å². The lowest BCUT2D eigenvalue weighted by Crippen LogP contribution is -2.01. The molecule has 0 spiro atoms. The van der Waals surface area contributed by atoms with Crippen LogP contribution in [0.3, 0.4) is 0 Å². The van der Waals surface area contributed by atoms with Crippen molar-refractivity contribution in [3.05, 3.63) is 35.4 Å². The summed E-state index contributed by atoms with van der Waals surface area (Å²) in [6, 6.07) is 7.93. The minimum Gasteiger partial charge on any atom is -0.478 e. The van der Waals surface area contributed by atoms with Gasteiger partial charge in [0.15, 0.2) is 0 Å². The van der Waals surface area contributed by atoms with Gasteiger partial charge in [0.1, 0.15) is 0 Å². The molecule has 0 saturated heterocycles. The SMILES string of the molecule is CCCCCCCCCCCCNc1ccc(C=C(C)C(=O)O)cc1.